The number of ether oxygens (including phenoxy) is 1. The molecule has 4 heteroatoms. The molecule has 1 aliphatic carbocycles. The zero-order valence-electron chi connectivity index (χ0n) is 11.3. The molecule has 1 aromatic rings. The molecule has 1 aromatic carbocycles. The molecule has 104 valence electrons. The van der Waals surface area contributed by atoms with Crippen LogP contribution >= 0.6 is 0 Å². The van der Waals surface area contributed by atoms with Crippen LogP contribution in [0.15, 0.2) is 24.3 Å². The molecule has 0 radical (unpaired) electrons. The Balaban J connectivity index is 1.89. The molecule has 4 nitrogen and oxygen atoms in total. The van der Waals surface area contributed by atoms with Gasteiger partial charge in [0.2, 0.25) is 5.91 Å². The van der Waals surface area contributed by atoms with Gasteiger partial charge in [-0.3, -0.25) is 4.79 Å². The number of amides is 1. The summed E-state index contributed by atoms with van der Waals surface area (Å²) in [4.78, 5) is 11.5. The number of fused-ring (bicyclic) bond motifs is 1. The number of nitrogens with one attached hydrogen (secondary N) is 1. The van der Waals surface area contributed by atoms with Crippen LogP contribution in [-0.2, 0) is 22.4 Å². The fourth-order valence-corrected chi connectivity index (χ4v) is 2.44. The maximum absolute atomic E-state index is 11.5. The van der Waals surface area contributed by atoms with E-state index in [1.807, 2.05) is 25.1 Å². The van der Waals surface area contributed by atoms with Crippen molar-refractivity contribution in [1.29, 1.82) is 0 Å². The number of carbonyl (C=O) groups excluding carboxylic acids is 1. The van der Waals surface area contributed by atoms with E-state index in [2.05, 4.69) is 11.4 Å². The van der Waals surface area contributed by atoms with Crippen LogP contribution in [-0.4, -0.2) is 36.4 Å². The Kier molecular flexibility index (Phi) is 4.56. The lowest BCUT2D eigenvalue weighted by Crippen LogP contribution is -2.47. The van der Waals surface area contributed by atoms with Crippen molar-refractivity contribution in [2.45, 2.75) is 31.8 Å². The summed E-state index contributed by atoms with van der Waals surface area (Å²) < 4.78 is 5.03. The molecule has 0 heterocycles. The first-order valence-corrected chi connectivity index (χ1v) is 6.76. The van der Waals surface area contributed by atoms with Gasteiger partial charge in [-0.15, -0.1) is 0 Å². The maximum Gasteiger partial charge on any atom is 0.246 e. The zero-order chi connectivity index (χ0) is 13.7. The van der Waals surface area contributed by atoms with Crippen LogP contribution < -0.4 is 5.32 Å². The van der Waals surface area contributed by atoms with Crippen molar-refractivity contribution in [2.75, 3.05) is 19.8 Å². The molecule has 0 unspecified atom stereocenters. The molecular formula is C15H21NO3. The molecule has 19 heavy (non-hydrogen) atoms. The van der Waals surface area contributed by atoms with Crippen LogP contribution in [0.2, 0.25) is 0 Å². The van der Waals surface area contributed by atoms with Gasteiger partial charge in [-0.05, 0) is 30.9 Å². The average molecular weight is 263 g/mol. The number of rotatable bonds is 5. The Labute approximate surface area is 113 Å². The van der Waals surface area contributed by atoms with Crippen molar-refractivity contribution in [2.24, 2.45) is 0 Å². The second-order valence-electron chi connectivity index (χ2n) is 5.08. The lowest BCUT2D eigenvalue weighted by atomic mass is 9.80. The third-order valence-corrected chi connectivity index (χ3v) is 3.55. The average Bonchev–Trinajstić information content (AvgIpc) is 2.43. The van der Waals surface area contributed by atoms with E-state index in [0.29, 0.717) is 19.4 Å². The van der Waals surface area contributed by atoms with Crippen molar-refractivity contribution in [3.63, 3.8) is 0 Å². The zero-order valence-corrected chi connectivity index (χ0v) is 11.3. The van der Waals surface area contributed by atoms with Crippen molar-refractivity contribution in [1.82, 2.24) is 5.32 Å². The number of aliphatic hydroxyl groups is 1. The monoisotopic (exact) mass is 263 g/mol. The molecule has 0 aliphatic heterocycles. The van der Waals surface area contributed by atoms with Crippen molar-refractivity contribution >= 4 is 5.91 Å². The molecule has 2 rings (SSSR count). The van der Waals surface area contributed by atoms with Crippen LogP contribution in [0.4, 0.5) is 0 Å². The Morgan fingerprint density at radius 1 is 1.42 bits per heavy atom. The molecule has 1 atom stereocenters. The van der Waals surface area contributed by atoms with Gasteiger partial charge >= 0.3 is 0 Å². The molecule has 0 saturated carbocycles. The first-order valence-electron chi connectivity index (χ1n) is 6.76. The van der Waals surface area contributed by atoms with Crippen LogP contribution in [0.3, 0.4) is 0 Å². The summed E-state index contributed by atoms with van der Waals surface area (Å²) >= 11 is 0. The third-order valence-electron chi connectivity index (χ3n) is 3.55. The van der Waals surface area contributed by atoms with Gasteiger partial charge < -0.3 is 15.2 Å². The van der Waals surface area contributed by atoms with E-state index in [0.717, 1.165) is 6.42 Å². The fraction of sp³-hybridized carbons (Fsp3) is 0.533. The predicted octanol–water partition coefficient (Wildman–Crippen LogP) is 1.06. The number of hydrogen-bond acceptors (Lipinski definition) is 3. The quantitative estimate of drug-likeness (QED) is 0.835. The van der Waals surface area contributed by atoms with Crippen LogP contribution in [0.25, 0.3) is 0 Å². The summed E-state index contributed by atoms with van der Waals surface area (Å²) in [5, 5.41) is 13.3. The van der Waals surface area contributed by atoms with Gasteiger partial charge in [-0.2, -0.15) is 0 Å². The Hall–Kier alpha value is -1.39. The van der Waals surface area contributed by atoms with Gasteiger partial charge in [-0.25, -0.2) is 0 Å². The van der Waals surface area contributed by atoms with E-state index < -0.39 is 5.60 Å². The molecule has 0 saturated heterocycles. The summed E-state index contributed by atoms with van der Waals surface area (Å²) in [5.74, 6) is -0.172. The summed E-state index contributed by atoms with van der Waals surface area (Å²) in [7, 11) is 0. The highest BCUT2D eigenvalue weighted by atomic mass is 16.5. The number of hydrogen-bond donors (Lipinski definition) is 2. The van der Waals surface area contributed by atoms with E-state index >= 15 is 0 Å². The van der Waals surface area contributed by atoms with Gasteiger partial charge in [0.25, 0.3) is 0 Å². The van der Waals surface area contributed by atoms with Gasteiger partial charge in [0.05, 0.1) is 5.60 Å². The highest BCUT2D eigenvalue weighted by Crippen LogP contribution is 2.28. The van der Waals surface area contributed by atoms with Gasteiger partial charge in [0.15, 0.2) is 0 Å². The molecule has 2 N–H and O–H groups in total. The third kappa shape index (κ3) is 3.78. The second-order valence-corrected chi connectivity index (χ2v) is 5.08. The number of aryl methyl sites for hydroxylation is 1. The smallest absolute Gasteiger partial charge is 0.246 e. The maximum atomic E-state index is 11.5. The first kappa shape index (κ1) is 14.0. The van der Waals surface area contributed by atoms with E-state index in [-0.39, 0.29) is 19.1 Å². The molecule has 0 aromatic heterocycles. The van der Waals surface area contributed by atoms with Crippen LogP contribution in [0.1, 0.15) is 24.5 Å². The summed E-state index contributed by atoms with van der Waals surface area (Å²) in [5.41, 5.74) is 1.64. The Morgan fingerprint density at radius 2 is 2.16 bits per heavy atom. The summed E-state index contributed by atoms with van der Waals surface area (Å²) in [6, 6.07) is 8.15. The number of carbonyl (C=O) groups is 1. The first-order chi connectivity index (χ1) is 9.13. The lowest BCUT2D eigenvalue weighted by Gasteiger charge is -2.33. The van der Waals surface area contributed by atoms with Crippen LogP contribution in [0, 0.1) is 0 Å². The minimum absolute atomic E-state index is 0.0587. The van der Waals surface area contributed by atoms with E-state index in [1.165, 1.54) is 11.1 Å². The van der Waals surface area contributed by atoms with Crippen molar-refractivity contribution in [3.8, 4) is 0 Å². The molecular weight excluding hydrogens is 242 g/mol. The molecule has 0 bridgehead atoms. The van der Waals surface area contributed by atoms with E-state index in [1.54, 1.807) is 0 Å². The molecule has 0 spiro atoms. The van der Waals surface area contributed by atoms with Gasteiger partial charge in [0.1, 0.15) is 6.61 Å². The van der Waals surface area contributed by atoms with E-state index in [4.69, 9.17) is 4.74 Å². The predicted molar refractivity (Wildman–Crippen MR) is 72.9 cm³/mol. The SMILES string of the molecule is CCOCC(=O)NC[C@]1(O)CCc2ccccc2C1. The molecule has 1 amide bonds. The van der Waals surface area contributed by atoms with Gasteiger partial charge in [-0.1, -0.05) is 24.3 Å². The topological polar surface area (TPSA) is 58.6 Å². The fourth-order valence-electron chi connectivity index (χ4n) is 2.44. The van der Waals surface area contributed by atoms with Crippen molar-refractivity contribution < 1.29 is 14.6 Å². The highest BCUT2D eigenvalue weighted by molar-refractivity contribution is 5.77. The summed E-state index contributed by atoms with van der Waals surface area (Å²) in [6.07, 6.45) is 2.13. The Morgan fingerprint density at radius 3 is 2.89 bits per heavy atom. The normalized spacial score (nSPS) is 21.8. The Bertz CT molecular complexity index is 447. The highest BCUT2D eigenvalue weighted by Gasteiger charge is 2.32. The van der Waals surface area contributed by atoms with E-state index in [9.17, 15) is 9.90 Å². The number of benzene rings is 1. The standard InChI is InChI=1S/C15H21NO3/c1-2-19-10-14(17)16-11-15(18)8-7-12-5-3-4-6-13(12)9-15/h3-6,18H,2,7-11H2,1H3,(H,16,17)/t15-/m0/s1. The van der Waals surface area contributed by atoms with Gasteiger partial charge in [0, 0.05) is 19.6 Å². The summed E-state index contributed by atoms with van der Waals surface area (Å²) in [6.45, 7) is 2.71. The largest absolute Gasteiger partial charge is 0.388 e. The minimum Gasteiger partial charge on any atom is -0.388 e. The van der Waals surface area contributed by atoms with Crippen molar-refractivity contribution in [3.05, 3.63) is 35.4 Å². The molecule has 0 fully saturated rings. The molecule has 1 aliphatic rings. The lowest BCUT2D eigenvalue weighted by molar-refractivity contribution is -0.126. The van der Waals surface area contributed by atoms with Crippen LogP contribution in [0.5, 0.6) is 0 Å². The second kappa shape index (κ2) is 6.17. The minimum atomic E-state index is -0.837.